The molecule has 196 valence electrons. The molecule has 0 aliphatic heterocycles. The van der Waals surface area contributed by atoms with Gasteiger partial charge >= 0.3 is 11.8 Å². The molecule has 0 spiro atoms. The van der Waals surface area contributed by atoms with E-state index in [2.05, 4.69) is 23.0 Å². The molecule has 0 bridgehead atoms. The van der Waals surface area contributed by atoms with Crippen LogP contribution in [0.1, 0.15) is 30.3 Å². The van der Waals surface area contributed by atoms with Gasteiger partial charge in [-0.2, -0.15) is 0 Å². The van der Waals surface area contributed by atoms with E-state index in [1.165, 1.54) is 4.68 Å². The molecule has 38 heavy (non-hydrogen) atoms. The van der Waals surface area contributed by atoms with Crippen LogP contribution in [0.2, 0.25) is 5.02 Å². The molecule has 0 saturated heterocycles. The Bertz CT molecular complexity index is 1450. The molecule has 0 fully saturated rings. The number of methoxy groups -OCH3 is 1. The van der Waals surface area contributed by atoms with Crippen molar-refractivity contribution in [2.45, 2.75) is 19.8 Å². The van der Waals surface area contributed by atoms with Crippen molar-refractivity contribution in [2.75, 3.05) is 29.8 Å². The van der Waals surface area contributed by atoms with E-state index in [4.69, 9.17) is 21.1 Å². The number of nitrogens with zero attached hydrogens (tertiary/aromatic N) is 1. The third-order valence-corrected chi connectivity index (χ3v) is 5.88. The fourth-order valence-corrected chi connectivity index (χ4v) is 3.83. The quantitative estimate of drug-likeness (QED) is 0.195. The molecule has 3 aromatic carbocycles. The number of halogens is 1. The van der Waals surface area contributed by atoms with E-state index in [0.717, 1.165) is 12.8 Å². The van der Waals surface area contributed by atoms with Crippen LogP contribution in [0.3, 0.4) is 0 Å². The maximum Gasteiger partial charge on any atom is 0.328 e. The van der Waals surface area contributed by atoms with E-state index in [9.17, 15) is 14.4 Å². The van der Waals surface area contributed by atoms with Gasteiger partial charge in [-0.25, -0.2) is 4.68 Å². The Hall–Kier alpha value is -4.50. The van der Waals surface area contributed by atoms with Gasteiger partial charge in [-0.05, 0) is 79.2 Å². The molecule has 0 unspecified atom stereocenters. The van der Waals surface area contributed by atoms with Gasteiger partial charge in [0.1, 0.15) is 17.2 Å². The molecule has 1 aromatic heterocycles. The topological polar surface area (TPSA) is 111 Å². The molecule has 0 saturated carbocycles. The number of fused-ring (bicyclic) bond motifs is 1. The smallest absolute Gasteiger partial charge is 0.328 e. The summed E-state index contributed by atoms with van der Waals surface area (Å²) in [6.45, 7) is 2.68. The highest BCUT2D eigenvalue weighted by molar-refractivity contribution is 6.42. The molecule has 3 amide bonds. The number of carbonyl (C=O) groups is 3. The first kappa shape index (κ1) is 26.6. The second-order valence-corrected chi connectivity index (χ2v) is 8.81. The van der Waals surface area contributed by atoms with Crippen LogP contribution in [0.4, 0.5) is 11.4 Å². The summed E-state index contributed by atoms with van der Waals surface area (Å²) in [4.78, 5) is 38.6. The normalized spacial score (nSPS) is 10.6. The third-order valence-electron chi connectivity index (χ3n) is 5.64. The number of nitrogens with one attached hydrogen (secondary N) is 3. The number of hydrogen-bond donors (Lipinski definition) is 3. The van der Waals surface area contributed by atoms with Crippen molar-refractivity contribution in [2.24, 2.45) is 0 Å². The van der Waals surface area contributed by atoms with Crippen LogP contribution in [0.25, 0.3) is 10.9 Å². The number of benzene rings is 3. The lowest BCUT2D eigenvalue weighted by Crippen LogP contribution is -2.36. The monoisotopic (exact) mass is 534 g/mol. The van der Waals surface area contributed by atoms with Gasteiger partial charge in [-0.3, -0.25) is 19.8 Å². The van der Waals surface area contributed by atoms with Crippen LogP contribution in [0.5, 0.6) is 11.5 Å². The Morgan fingerprint density at radius 3 is 2.16 bits per heavy atom. The standard InChI is InChI=1S/C28H27ClN4O5/c1-3-4-15-38-23-12-8-21(9-13-23)31-27(35)28(36)32-33-24-14-5-19(29)16-18(24)17-25(33)26(34)30-20-6-10-22(37-2)11-7-20/h5-14,16-17H,3-4,15H2,1-2H3,(H,30,34)(H,31,35)(H,32,36). The third kappa shape index (κ3) is 6.43. The van der Waals surface area contributed by atoms with E-state index in [1.807, 2.05) is 0 Å². The molecule has 0 aliphatic rings. The first-order valence-electron chi connectivity index (χ1n) is 12.0. The molecular weight excluding hydrogens is 508 g/mol. The molecule has 4 aromatic rings. The predicted octanol–water partition coefficient (Wildman–Crippen LogP) is 5.44. The number of anilines is 2. The van der Waals surface area contributed by atoms with Gasteiger partial charge in [-0.15, -0.1) is 0 Å². The number of rotatable bonds is 9. The van der Waals surface area contributed by atoms with Crippen LogP contribution in [0, 0.1) is 0 Å². The van der Waals surface area contributed by atoms with Crippen LogP contribution in [-0.4, -0.2) is 36.1 Å². The van der Waals surface area contributed by atoms with Crippen molar-refractivity contribution in [1.82, 2.24) is 4.68 Å². The molecule has 9 nitrogen and oxygen atoms in total. The molecule has 0 radical (unpaired) electrons. The number of hydrogen-bond acceptors (Lipinski definition) is 5. The molecule has 10 heteroatoms. The molecule has 3 N–H and O–H groups in total. The van der Waals surface area contributed by atoms with Gasteiger partial charge in [-0.1, -0.05) is 24.9 Å². The summed E-state index contributed by atoms with van der Waals surface area (Å²) in [7, 11) is 1.55. The summed E-state index contributed by atoms with van der Waals surface area (Å²) in [6, 6.07) is 20.0. The second-order valence-electron chi connectivity index (χ2n) is 8.37. The Kier molecular flexibility index (Phi) is 8.50. The zero-order chi connectivity index (χ0) is 27.1. The number of unbranched alkanes of at least 4 members (excludes halogenated alkanes) is 1. The lowest BCUT2D eigenvalue weighted by Gasteiger charge is -2.13. The number of carbonyl (C=O) groups excluding carboxylic acids is 3. The summed E-state index contributed by atoms with van der Waals surface area (Å²) in [5, 5.41) is 6.40. The van der Waals surface area contributed by atoms with Crippen molar-refractivity contribution in [1.29, 1.82) is 0 Å². The van der Waals surface area contributed by atoms with Crippen molar-refractivity contribution in [3.8, 4) is 11.5 Å². The van der Waals surface area contributed by atoms with Crippen molar-refractivity contribution in [3.05, 3.63) is 83.5 Å². The maximum atomic E-state index is 13.2. The van der Waals surface area contributed by atoms with Crippen LogP contribution in [0.15, 0.2) is 72.8 Å². The van der Waals surface area contributed by atoms with Gasteiger partial charge < -0.3 is 20.1 Å². The SMILES string of the molecule is CCCCOc1ccc(NC(=O)C(=O)Nn2c(C(=O)Nc3ccc(OC)cc3)cc3cc(Cl)ccc32)cc1. The van der Waals surface area contributed by atoms with Gasteiger partial charge in [0, 0.05) is 21.8 Å². The maximum absolute atomic E-state index is 13.2. The van der Waals surface area contributed by atoms with Crippen LogP contribution < -0.4 is 25.5 Å². The molecular formula is C28H27ClN4O5. The Morgan fingerprint density at radius 2 is 1.50 bits per heavy atom. The number of amides is 3. The van der Waals surface area contributed by atoms with Gasteiger partial charge in [0.05, 0.1) is 19.2 Å². The summed E-state index contributed by atoms with van der Waals surface area (Å²) in [5.41, 5.74) is 4.07. The highest BCUT2D eigenvalue weighted by atomic mass is 35.5. The largest absolute Gasteiger partial charge is 0.497 e. The van der Waals surface area contributed by atoms with E-state index in [-0.39, 0.29) is 5.69 Å². The van der Waals surface area contributed by atoms with E-state index >= 15 is 0 Å². The Balaban J connectivity index is 1.51. The van der Waals surface area contributed by atoms with Crippen LogP contribution in [-0.2, 0) is 9.59 Å². The minimum atomic E-state index is -0.959. The summed E-state index contributed by atoms with van der Waals surface area (Å²) in [6.07, 6.45) is 1.97. The van der Waals surface area contributed by atoms with Gasteiger partial charge in [0.2, 0.25) is 0 Å². The number of aromatic nitrogens is 1. The average Bonchev–Trinajstić information content (AvgIpc) is 3.27. The van der Waals surface area contributed by atoms with Crippen LogP contribution >= 0.6 is 11.6 Å². The first-order chi connectivity index (χ1) is 18.4. The average molecular weight is 535 g/mol. The van der Waals surface area contributed by atoms with Crippen molar-refractivity contribution < 1.29 is 23.9 Å². The Labute approximate surface area is 224 Å². The van der Waals surface area contributed by atoms with Crippen molar-refractivity contribution >= 4 is 51.6 Å². The predicted molar refractivity (Wildman–Crippen MR) is 148 cm³/mol. The van der Waals surface area contributed by atoms with E-state index in [0.29, 0.717) is 45.4 Å². The lowest BCUT2D eigenvalue weighted by atomic mass is 10.2. The molecule has 1 heterocycles. The van der Waals surface area contributed by atoms with Gasteiger partial charge in [0.15, 0.2) is 0 Å². The highest BCUT2D eigenvalue weighted by Gasteiger charge is 2.21. The zero-order valence-corrected chi connectivity index (χ0v) is 21.7. The molecule has 0 aliphatic carbocycles. The minimum absolute atomic E-state index is 0.104. The fraction of sp³-hybridized carbons (Fsp3) is 0.179. The van der Waals surface area contributed by atoms with Gasteiger partial charge in [0.25, 0.3) is 5.91 Å². The first-order valence-corrected chi connectivity index (χ1v) is 12.4. The zero-order valence-electron chi connectivity index (χ0n) is 20.9. The Morgan fingerprint density at radius 1 is 0.842 bits per heavy atom. The second kappa shape index (κ2) is 12.2. The minimum Gasteiger partial charge on any atom is -0.497 e. The summed E-state index contributed by atoms with van der Waals surface area (Å²) >= 11 is 6.13. The van der Waals surface area contributed by atoms with E-state index in [1.54, 1.807) is 79.9 Å². The summed E-state index contributed by atoms with van der Waals surface area (Å²) < 4.78 is 12.0. The van der Waals surface area contributed by atoms with Crippen molar-refractivity contribution in [3.63, 3.8) is 0 Å². The molecule has 0 atom stereocenters. The number of ether oxygens (including phenoxy) is 2. The fourth-order valence-electron chi connectivity index (χ4n) is 3.65. The lowest BCUT2D eigenvalue weighted by molar-refractivity contribution is -0.133. The highest BCUT2D eigenvalue weighted by Crippen LogP contribution is 2.24. The summed E-state index contributed by atoms with van der Waals surface area (Å²) in [5.74, 6) is -1.04. The molecule has 4 rings (SSSR count). The van der Waals surface area contributed by atoms with E-state index < -0.39 is 17.7 Å².